The lowest BCUT2D eigenvalue weighted by atomic mass is 9.88. The van der Waals surface area contributed by atoms with E-state index in [1.54, 1.807) is 0 Å². The maximum atomic E-state index is 12.0. The molecule has 0 aromatic heterocycles. The van der Waals surface area contributed by atoms with E-state index in [9.17, 15) is 28.9 Å². The van der Waals surface area contributed by atoms with Crippen molar-refractivity contribution in [1.29, 1.82) is 0 Å². The van der Waals surface area contributed by atoms with Crippen LogP contribution in [0.1, 0.15) is 47.5 Å². The van der Waals surface area contributed by atoms with Gasteiger partial charge in [-0.15, -0.1) is 0 Å². The lowest BCUT2D eigenvalue weighted by Crippen LogP contribution is -2.37. The van der Waals surface area contributed by atoms with Gasteiger partial charge in [0.2, 0.25) is 0 Å². The van der Waals surface area contributed by atoms with Crippen LogP contribution in [-0.4, -0.2) is 56.5 Å². The van der Waals surface area contributed by atoms with Crippen LogP contribution in [0.5, 0.6) is 0 Å². The molecule has 152 valence electrons. The van der Waals surface area contributed by atoms with Gasteiger partial charge >= 0.3 is 15.2 Å². The Morgan fingerprint density at radius 2 is 1.64 bits per heavy atom. The predicted octanol–water partition coefficient (Wildman–Crippen LogP) is 2.67. The van der Waals surface area contributed by atoms with Gasteiger partial charge in [-0.25, -0.2) is 0 Å². The molecule has 4 N–H and O–H groups in total. The Labute approximate surface area is 151 Å². The van der Waals surface area contributed by atoms with Crippen molar-refractivity contribution in [2.24, 2.45) is 17.8 Å². The molecule has 8 nitrogen and oxygen atoms in total. The molecule has 0 radical (unpaired) electrons. The van der Waals surface area contributed by atoms with Gasteiger partial charge in [-0.2, -0.15) is 0 Å². The summed E-state index contributed by atoms with van der Waals surface area (Å²) in [6.45, 7) is 11.9. The third-order valence-corrected chi connectivity index (χ3v) is 9.18. The average molecular weight is 403 g/mol. The van der Waals surface area contributed by atoms with Crippen molar-refractivity contribution >= 4 is 15.2 Å². The Morgan fingerprint density at radius 3 is 2.00 bits per heavy atom. The number of nitrogens with zero attached hydrogens (tertiary/aromatic N) is 1. The Balaban J connectivity index is 5.02. The van der Waals surface area contributed by atoms with Crippen LogP contribution in [0.4, 0.5) is 0 Å². The number of rotatable bonds is 12. The van der Waals surface area contributed by atoms with E-state index >= 15 is 0 Å². The van der Waals surface area contributed by atoms with Crippen molar-refractivity contribution in [3.8, 4) is 0 Å². The first-order valence-electron chi connectivity index (χ1n) is 8.60. The third kappa shape index (κ3) is 7.04. The summed E-state index contributed by atoms with van der Waals surface area (Å²) in [6.07, 6.45) is 0.451. The fourth-order valence-electron chi connectivity index (χ4n) is 2.71. The standard InChI is InChI=1S/C15H35NO7P2/c1-7-16(11-13(4)10-14(5)12(2)3)9-8-15(17,24(18,19)20)25(21,22)23-6/h12-14,17H,7-11H2,1-6H3,(H,21,22)(H2,18,19,20). The van der Waals surface area contributed by atoms with Crippen LogP contribution in [0.15, 0.2) is 0 Å². The maximum Gasteiger partial charge on any atom is 0.371 e. The van der Waals surface area contributed by atoms with Gasteiger partial charge in [0.15, 0.2) is 0 Å². The normalized spacial score (nSPS) is 20.3. The van der Waals surface area contributed by atoms with E-state index in [2.05, 4.69) is 32.2 Å². The fourth-order valence-corrected chi connectivity index (χ4v) is 5.33. The largest absolute Gasteiger partial charge is 0.371 e. The summed E-state index contributed by atoms with van der Waals surface area (Å²) in [5, 5.41) is 7.14. The monoisotopic (exact) mass is 403 g/mol. The van der Waals surface area contributed by atoms with Gasteiger partial charge in [0.05, 0.1) is 0 Å². The van der Waals surface area contributed by atoms with Crippen LogP contribution in [0, 0.1) is 17.8 Å². The molecule has 0 fully saturated rings. The van der Waals surface area contributed by atoms with Crippen LogP contribution in [0.2, 0.25) is 0 Å². The second-order valence-electron chi connectivity index (χ2n) is 7.23. The van der Waals surface area contributed by atoms with E-state index in [0.717, 1.165) is 13.5 Å². The van der Waals surface area contributed by atoms with E-state index < -0.39 is 26.7 Å². The predicted molar refractivity (Wildman–Crippen MR) is 98.3 cm³/mol. The molecule has 0 aliphatic rings. The lowest BCUT2D eigenvalue weighted by molar-refractivity contribution is 0.0997. The number of aliphatic hydroxyl groups is 1. The molecule has 0 aromatic rings. The first-order chi connectivity index (χ1) is 11.2. The van der Waals surface area contributed by atoms with Crippen LogP contribution in [0.25, 0.3) is 0 Å². The minimum atomic E-state index is -5.27. The molecule has 25 heavy (non-hydrogen) atoms. The minimum absolute atomic E-state index is 0.0758. The minimum Gasteiger partial charge on any atom is -0.367 e. The molecule has 0 aliphatic heterocycles. The molecule has 0 aliphatic carbocycles. The highest BCUT2D eigenvalue weighted by Gasteiger charge is 2.60. The second kappa shape index (κ2) is 9.95. The highest BCUT2D eigenvalue weighted by Crippen LogP contribution is 2.71. The molecular weight excluding hydrogens is 368 g/mol. The van der Waals surface area contributed by atoms with Gasteiger partial charge in [-0.05, 0) is 30.7 Å². The quantitative estimate of drug-likeness (QED) is 0.366. The molecule has 0 aromatic carbocycles. The van der Waals surface area contributed by atoms with Crippen LogP contribution in [0.3, 0.4) is 0 Å². The molecule has 0 saturated carbocycles. The van der Waals surface area contributed by atoms with Gasteiger partial charge in [0.25, 0.3) is 5.08 Å². The molecule has 0 saturated heterocycles. The molecule has 0 rings (SSSR count). The van der Waals surface area contributed by atoms with Crippen LogP contribution in [-0.2, 0) is 13.7 Å². The van der Waals surface area contributed by atoms with Gasteiger partial charge in [-0.3, -0.25) is 9.13 Å². The highest BCUT2D eigenvalue weighted by atomic mass is 31.2. The van der Waals surface area contributed by atoms with Crippen molar-refractivity contribution in [3.05, 3.63) is 0 Å². The molecule has 4 atom stereocenters. The topological polar surface area (TPSA) is 128 Å². The summed E-state index contributed by atoms with van der Waals surface area (Å²) in [5.74, 6) is 1.47. The average Bonchev–Trinajstić information content (AvgIpc) is 2.49. The zero-order valence-corrected chi connectivity index (χ0v) is 17.9. The van der Waals surface area contributed by atoms with E-state index in [-0.39, 0.29) is 6.54 Å². The van der Waals surface area contributed by atoms with Gasteiger partial charge in [0, 0.05) is 26.6 Å². The zero-order chi connectivity index (χ0) is 20.1. The van der Waals surface area contributed by atoms with Gasteiger partial charge in [0.1, 0.15) is 0 Å². The smallest absolute Gasteiger partial charge is 0.367 e. The number of hydrogen-bond donors (Lipinski definition) is 4. The Bertz CT molecular complexity index is 496. The first-order valence-corrected chi connectivity index (χ1v) is 11.8. The SMILES string of the molecule is CCN(CCC(O)(P(=O)(O)O)P(=O)(O)OC)CC(C)CC(C)C(C)C. The van der Waals surface area contributed by atoms with Crippen molar-refractivity contribution in [1.82, 2.24) is 4.90 Å². The van der Waals surface area contributed by atoms with Crippen LogP contribution >= 0.6 is 15.2 Å². The lowest BCUT2D eigenvalue weighted by Gasteiger charge is -2.34. The molecule has 0 amide bonds. The van der Waals surface area contributed by atoms with Crippen molar-refractivity contribution in [2.75, 3.05) is 26.7 Å². The molecular formula is C15H35NO7P2. The zero-order valence-electron chi connectivity index (χ0n) is 16.1. The van der Waals surface area contributed by atoms with Gasteiger partial charge < -0.3 is 29.2 Å². The summed E-state index contributed by atoms with van der Waals surface area (Å²) in [7, 11) is -9.32. The van der Waals surface area contributed by atoms with E-state index in [4.69, 9.17) is 0 Å². The van der Waals surface area contributed by atoms with Crippen molar-refractivity contribution in [2.45, 2.75) is 52.5 Å². The summed E-state index contributed by atoms with van der Waals surface area (Å²) >= 11 is 0. The summed E-state index contributed by atoms with van der Waals surface area (Å²) in [6, 6.07) is 0. The fraction of sp³-hybridized carbons (Fsp3) is 1.00. The summed E-state index contributed by atoms with van der Waals surface area (Å²) in [5.41, 5.74) is 0. The third-order valence-electron chi connectivity index (χ3n) is 4.86. The Kier molecular flexibility index (Phi) is 10.0. The molecule has 0 spiro atoms. The molecule has 10 heteroatoms. The number of hydrogen-bond acceptors (Lipinski definition) is 5. The van der Waals surface area contributed by atoms with E-state index in [0.29, 0.717) is 30.8 Å². The Hall–Kier alpha value is 0.220. The van der Waals surface area contributed by atoms with Crippen molar-refractivity contribution in [3.63, 3.8) is 0 Å². The van der Waals surface area contributed by atoms with E-state index in [1.807, 2.05) is 11.8 Å². The van der Waals surface area contributed by atoms with Gasteiger partial charge in [-0.1, -0.05) is 34.6 Å². The maximum absolute atomic E-state index is 12.0. The summed E-state index contributed by atoms with van der Waals surface area (Å²) < 4.78 is 27.9. The molecule has 0 heterocycles. The van der Waals surface area contributed by atoms with Crippen molar-refractivity contribution < 1.29 is 33.4 Å². The Morgan fingerprint density at radius 1 is 1.12 bits per heavy atom. The highest BCUT2D eigenvalue weighted by molar-refractivity contribution is 7.72. The molecule has 0 bridgehead atoms. The molecule has 4 unspecified atom stereocenters. The first kappa shape index (κ1) is 25.2. The second-order valence-corrected chi connectivity index (χ2v) is 11.6. The summed E-state index contributed by atoms with van der Waals surface area (Å²) in [4.78, 5) is 30.4. The van der Waals surface area contributed by atoms with Crippen LogP contribution < -0.4 is 0 Å². The van der Waals surface area contributed by atoms with E-state index in [1.165, 1.54) is 0 Å².